The number of ether oxygens (including phenoxy) is 1. The lowest BCUT2D eigenvalue weighted by Crippen LogP contribution is -2.49. The Morgan fingerprint density at radius 3 is 2.14 bits per heavy atom. The fourth-order valence-corrected chi connectivity index (χ4v) is 4.22. The first kappa shape index (κ1) is 27.0. The maximum atomic E-state index is 13.5. The van der Waals surface area contributed by atoms with E-state index < -0.39 is 29.5 Å². The predicted octanol–water partition coefficient (Wildman–Crippen LogP) is 6.35. The number of amides is 1. The van der Waals surface area contributed by atoms with E-state index in [9.17, 15) is 26.7 Å². The smallest absolute Gasteiger partial charge is 0.368 e. The Bertz CT molecular complexity index is 1210. The van der Waals surface area contributed by atoms with Gasteiger partial charge in [0.2, 0.25) is 0 Å². The number of halogens is 6. The minimum Gasteiger partial charge on any atom is -0.368 e. The van der Waals surface area contributed by atoms with Gasteiger partial charge in [-0.3, -0.25) is 9.69 Å². The highest BCUT2D eigenvalue weighted by molar-refractivity contribution is 6.30. The van der Waals surface area contributed by atoms with Crippen LogP contribution in [-0.2, 0) is 17.5 Å². The van der Waals surface area contributed by atoms with Crippen molar-refractivity contribution >= 4 is 17.5 Å². The molecule has 1 heterocycles. The lowest BCUT2D eigenvalue weighted by Gasteiger charge is -2.36. The second kappa shape index (κ2) is 11.6. The number of carbonyl (C=O) groups excluding carboxylic acids is 1. The molecule has 4 rings (SSSR count). The van der Waals surface area contributed by atoms with E-state index in [1.54, 1.807) is 17.0 Å². The van der Waals surface area contributed by atoms with Crippen molar-refractivity contribution < 1.29 is 31.5 Å². The zero-order valence-electron chi connectivity index (χ0n) is 19.6. The fourth-order valence-electron chi connectivity index (χ4n) is 4.10. The molecule has 1 atom stereocenters. The first-order valence-electron chi connectivity index (χ1n) is 11.6. The van der Waals surface area contributed by atoms with Gasteiger partial charge in [-0.2, -0.15) is 13.2 Å². The van der Waals surface area contributed by atoms with E-state index in [0.717, 1.165) is 29.8 Å². The van der Waals surface area contributed by atoms with Crippen LogP contribution in [0.4, 0.5) is 22.0 Å². The maximum absolute atomic E-state index is 13.5. The summed E-state index contributed by atoms with van der Waals surface area (Å²) < 4.78 is 71.4. The predicted molar refractivity (Wildman–Crippen MR) is 129 cm³/mol. The molecule has 0 radical (unpaired) electrons. The number of rotatable bonds is 7. The summed E-state index contributed by atoms with van der Waals surface area (Å²) in [7, 11) is 0. The quantitative estimate of drug-likeness (QED) is 0.329. The van der Waals surface area contributed by atoms with Crippen molar-refractivity contribution in [3.05, 3.63) is 106 Å². The molecule has 3 aromatic rings. The van der Waals surface area contributed by atoms with Gasteiger partial charge < -0.3 is 9.64 Å². The van der Waals surface area contributed by atoms with Gasteiger partial charge in [-0.25, -0.2) is 8.78 Å². The molecule has 1 fully saturated rings. The first-order valence-corrected chi connectivity index (χ1v) is 12.0. The molecule has 0 unspecified atom stereocenters. The Morgan fingerprint density at radius 1 is 0.892 bits per heavy atom. The zero-order chi connectivity index (χ0) is 26.6. The minimum atomic E-state index is -4.40. The van der Waals surface area contributed by atoms with E-state index in [2.05, 4.69) is 4.90 Å². The number of benzene rings is 3. The summed E-state index contributed by atoms with van der Waals surface area (Å²) in [4.78, 5) is 16.4. The normalized spacial score (nSPS) is 15.6. The maximum Gasteiger partial charge on any atom is 0.416 e. The Hall–Kier alpha value is -3.01. The van der Waals surface area contributed by atoms with Crippen LogP contribution < -0.4 is 0 Å². The highest BCUT2D eigenvalue weighted by Crippen LogP contribution is 2.30. The summed E-state index contributed by atoms with van der Waals surface area (Å²) >= 11 is 6.02. The van der Waals surface area contributed by atoms with Gasteiger partial charge in [0.15, 0.2) is 11.6 Å². The average molecular weight is 539 g/mol. The van der Waals surface area contributed by atoms with Gasteiger partial charge in [0.25, 0.3) is 5.91 Å². The van der Waals surface area contributed by atoms with Gasteiger partial charge in [-0.15, -0.1) is 0 Å². The van der Waals surface area contributed by atoms with Crippen LogP contribution in [0.15, 0.2) is 66.7 Å². The van der Waals surface area contributed by atoms with E-state index in [-0.39, 0.29) is 18.1 Å². The number of piperazine rings is 1. The third kappa shape index (κ3) is 7.06. The second-order valence-electron chi connectivity index (χ2n) is 8.77. The molecule has 196 valence electrons. The Kier molecular flexibility index (Phi) is 8.46. The third-order valence-electron chi connectivity index (χ3n) is 6.22. The van der Waals surface area contributed by atoms with Gasteiger partial charge in [0, 0.05) is 43.3 Å². The fraction of sp³-hybridized carbons (Fsp3) is 0.296. The highest BCUT2D eigenvalue weighted by atomic mass is 35.5. The monoisotopic (exact) mass is 538 g/mol. The summed E-state index contributed by atoms with van der Waals surface area (Å²) in [6.07, 6.45) is -4.80. The molecule has 0 aromatic heterocycles. The lowest BCUT2D eigenvalue weighted by atomic mass is 10.1. The summed E-state index contributed by atoms with van der Waals surface area (Å²) in [5.41, 5.74) is 0.832. The Labute approximate surface area is 216 Å². The SMILES string of the molecule is O=C(c1ccc(F)c(F)c1)N1CCN(C[C@@H](OCc2ccc(C(F)(F)F)cc2)c2ccc(Cl)cc2)CC1. The molecular weight excluding hydrogens is 515 g/mol. The molecule has 0 N–H and O–H groups in total. The number of carbonyl (C=O) groups is 1. The van der Waals surface area contributed by atoms with Crippen molar-refractivity contribution in [1.82, 2.24) is 9.80 Å². The van der Waals surface area contributed by atoms with Crippen LogP contribution >= 0.6 is 11.6 Å². The molecule has 3 aromatic carbocycles. The van der Waals surface area contributed by atoms with Gasteiger partial charge >= 0.3 is 6.18 Å². The van der Waals surface area contributed by atoms with E-state index in [0.29, 0.717) is 43.3 Å². The topological polar surface area (TPSA) is 32.8 Å². The molecule has 0 aliphatic carbocycles. The number of nitrogens with zero attached hydrogens (tertiary/aromatic N) is 2. The summed E-state index contributed by atoms with van der Waals surface area (Å²) in [5.74, 6) is -2.45. The number of hydrogen-bond acceptors (Lipinski definition) is 3. The molecule has 0 saturated carbocycles. The first-order chi connectivity index (χ1) is 17.6. The molecule has 10 heteroatoms. The van der Waals surface area contributed by atoms with Crippen molar-refractivity contribution in [2.24, 2.45) is 0 Å². The van der Waals surface area contributed by atoms with E-state index in [1.165, 1.54) is 18.2 Å². The van der Waals surface area contributed by atoms with Gasteiger partial charge in [-0.05, 0) is 53.6 Å². The van der Waals surface area contributed by atoms with Crippen LogP contribution in [0.2, 0.25) is 5.02 Å². The van der Waals surface area contributed by atoms with Crippen LogP contribution in [0.5, 0.6) is 0 Å². The summed E-state index contributed by atoms with van der Waals surface area (Å²) in [5, 5.41) is 0.564. The van der Waals surface area contributed by atoms with Crippen molar-refractivity contribution in [1.29, 1.82) is 0 Å². The third-order valence-corrected chi connectivity index (χ3v) is 6.48. The molecule has 37 heavy (non-hydrogen) atoms. The largest absolute Gasteiger partial charge is 0.416 e. The van der Waals surface area contributed by atoms with Gasteiger partial charge in [0.05, 0.1) is 18.3 Å². The molecule has 0 bridgehead atoms. The number of alkyl halides is 3. The molecule has 0 spiro atoms. The molecule has 1 aliphatic rings. The van der Waals surface area contributed by atoms with E-state index in [4.69, 9.17) is 16.3 Å². The molecule has 1 aliphatic heterocycles. The van der Waals surface area contributed by atoms with Crippen LogP contribution in [0.1, 0.15) is 33.2 Å². The van der Waals surface area contributed by atoms with E-state index in [1.807, 2.05) is 12.1 Å². The molecule has 1 saturated heterocycles. The van der Waals surface area contributed by atoms with Crippen LogP contribution in [-0.4, -0.2) is 48.4 Å². The van der Waals surface area contributed by atoms with Crippen molar-refractivity contribution in [2.45, 2.75) is 18.9 Å². The minimum absolute atomic E-state index is 0.0891. The van der Waals surface area contributed by atoms with Crippen molar-refractivity contribution in [3.63, 3.8) is 0 Å². The standard InChI is InChI=1S/C27H24ClF5N2O2/c28-22-8-3-19(4-9-22)25(37-17-18-1-6-21(7-2-18)27(31,32)33)16-34-11-13-35(14-12-34)26(36)20-5-10-23(29)24(30)15-20/h1-10,15,25H,11-14,16-17H2/t25-/m1/s1. The van der Waals surface area contributed by atoms with Crippen molar-refractivity contribution in [2.75, 3.05) is 32.7 Å². The molecular formula is C27H24ClF5N2O2. The van der Waals surface area contributed by atoms with Crippen molar-refractivity contribution in [3.8, 4) is 0 Å². The second-order valence-corrected chi connectivity index (χ2v) is 9.20. The molecule has 1 amide bonds. The van der Waals surface area contributed by atoms with Crippen LogP contribution in [0.25, 0.3) is 0 Å². The zero-order valence-corrected chi connectivity index (χ0v) is 20.4. The van der Waals surface area contributed by atoms with Gasteiger partial charge in [-0.1, -0.05) is 35.9 Å². The Morgan fingerprint density at radius 2 is 1.54 bits per heavy atom. The molecule has 4 nitrogen and oxygen atoms in total. The lowest BCUT2D eigenvalue weighted by molar-refractivity contribution is -0.137. The Balaban J connectivity index is 1.38. The van der Waals surface area contributed by atoms with Gasteiger partial charge in [0.1, 0.15) is 0 Å². The van der Waals surface area contributed by atoms with E-state index >= 15 is 0 Å². The summed E-state index contributed by atoms with van der Waals surface area (Å²) in [6, 6.07) is 15.1. The average Bonchev–Trinajstić information content (AvgIpc) is 2.88. The highest BCUT2D eigenvalue weighted by Gasteiger charge is 2.30. The number of hydrogen-bond donors (Lipinski definition) is 0. The summed E-state index contributed by atoms with van der Waals surface area (Å²) in [6.45, 7) is 2.44. The van der Waals surface area contributed by atoms with Crippen LogP contribution in [0.3, 0.4) is 0 Å². The van der Waals surface area contributed by atoms with Crippen LogP contribution in [0, 0.1) is 11.6 Å².